The van der Waals surface area contributed by atoms with Crippen molar-refractivity contribution in [3.05, 3.63) is 58.7 Å². The maximum absolute atomic E-state index is 13.3. The number of methoxy groups -OCH3 is 2. The molecular formula is C21H17F3N4O4S. The van der Waals surface area contributed by atoms with E-state index in [2.05, 4.69) is 9.97 Å². The van der Waals surface area contributed by atoms with Crippen LogP contribution in [0, 0.1) is 0 Å². The molecule has 1 amide bonds. The number of imidazole rings is 1. The SMILES string of the molecule is COc1cc2ncn(-c3nc(OCc4ccccc4C(F)(F)F)c(C(N)=O)s3)c2cc1OC. The third-order valence-corrected chi connectivity index (χ3v) is 5.80. The Morgan fingerprint density at radius 3 is 2.52 bits per heavy atom. The topological polar surface area (TPSA) is 101 Å². The minimum absolute atomic E-state index is 0.0307. The van der Waals surface area contributed by atoms with Crippen LogP contribution in [-0.4, -0.2) is 34.7 Å². The molecule has 0 radical (unpaired) electrons. The zero-order valence-electron chi connectivity index (χ0n) is 17.3. The largest absolute Gasteiger partial charge is 0.493 e. The Kier molecular flexibility index (Phi) is 5.85. The number of alkyl halides is 3. The Hall–Kier alpha value is -3.80. The van der Waals surface area contributed by atoms with Crippen LogP contribution in [0.4, 0.5) is 13.2 Å². The molecule has 0 saturated heterocycles. The van der Waals surface area contributed by atoms with Gasteiger partial charge in [-0.3, -0.25) is 9.36 Å². The van der Waals surface area contributed by atoms with Gasteiger partial charge in [-0.05, 0) is 6.07 Å². The van der Waals surface area contributed by atoms with Crippen molar-refractivity contribution in [3.8, 4) is 22.5 Å². The standard InChI is InChI=1S/C21H17F3N4O4S/c1-30-15-7-13-14(8-16(15)31-2)28(10-26-13)20-27-19(17(33-20)18(25)29)32-9-11-5-3-4-6-12(11)21(22,23)24/h3-8,10H,9H2,1-2H3,(H2,25,29). The van der Waals surface area contributed by atoms with Crippen molar-refractivity contribution in [3.63, 3.8) is 0 Å². The number of benzene rings is 2. The van der Waals surface area contributed by atoms with Gasteiger partial charge < -0.3 is 19.9 Å². The van der Waals surface area contributed by atoms with Crippen LogP contribution in [0.25, 0.3) is 16.2 Å². The summed E-state index contributed by atoms with van der Waals surface area (Å²) in [5.41, 5.74) is 5.70. The molecule has 2 aromatic carbocycles. The number of nitrogens with zero attached hydrogens (tertiary/aromatic N) is 3. The molecule has 2 aromatic heterocycles. The number of aromatic nitrogens is 3. The van der Waals surface area contributed by atoms with E-state index in [-0.39, 0.29) is 21.5 Å². The highest BCUT2D eigenvalue weighted by atomic mass is 32.1. The van der Waals surface area contributed by atoms with Crippen LogP contribution >= 0.6 is 11.3 Å². The molecule has 0 saturated carbocycles. The Morgan fingerprint density at radius 2 is 1.85 bits per heavy atom. The monoisotopic (exact) mass is 478 g/mol. The van der Waals surface area contributed by atoms with Gasteiger partial charge in [0.15, 0.2) is 21.5 Å². The van der Waals surface area contributed by atoms with Gasteiger partial charge in [-0.15, -0.1) is 0 Å². The smallest absolute Gasteiger partial charge is 0.416 e. The molecule has 0 unspecified atom stereocenters. The summed E-state index contributed by atoms with van der Waals surface area (Å²) in [5, 5.41) is 0.289. The van der Waals surface area contributed by atoms with Crippen molar-refractivity contribution in [1.82, 2.24) is 14.5 Å². The molecule has 0 bridgehead atoms. The highest BCUT2D eigenvalue weighted by Gasteiger charge is 2.33. The molecule has 2 N–H and O–H groups in total. The number of nitrogens with two attached hydrogens (primary N) is 1. The van der Waals surface area contributed by atoms with Crippen molar-refractivity contribution in [2.75, 3.05) is 14.2 Å². The van der Waals surface area contributed by atoms with Crippen molar-refractivity contribution in [2.45, 2.75) is 12.8 Å². The Bertz CT molecular complexity index is 1330. The maximum Gasteiger partial charge on any atom is 0.416 e. The molecule has 0 aliphatic heterocycles. The molecule has 4 rings (SSSR count). The van der Waals surface area contributed by atoms with Crippen LogP contribution in [0.2, 0.25) is 0 Å². The zero-order valence-corrected chi connectivity index (χ0v) is 18.2. The summed E-state index contributed by atoms with van der Waals surface area (Å²) in [6, 6.07) is 8.37. The van der Waals surface area contributed by atoms with Gasteiger partial charge in [0, 0.05) is 17.7 Å². The number of carbonyl (C=O) groups is 1. The molecule has 8 nitrogen and oxygen atoms in total. The second-order valence-electron chi connectivity index (χ2n) is 6.75. The van der Waals surface area contributed by atoms with Crippen molar-refractivity contribution < 1.29 is 32.2 Å². The minimum atomic E-state index is -4.55. The number of halogens is 3. The number of thiazole rings is 1. The zero-order chi connectivity index (χ0) is 23.8. The molecule has 2 heterocycles. The first-order valence-corrected chi connectivity index (χ1v) is 10.2. The lowest BCUT2D eigenvalue weighted by atomic mass is 10.1. The average molecular weight is 478 g/mol. The van der Waals surface area contributed by atoms with E-state index in [1.807, 2.05) is 0 Å². The van der Waals surface area contributed by atoms with Gasteiger partial charge >= 0.3 is 6.18 Å². The number of fused-ring (bicyclic) bond motifs is 1. The lowest BCUT2D eigenvalue weighted by Crippen LogP contribution is -2.13. The van der Waals surface area contributed by atoms with Crippen molar-refractivity contribution in [2.24, 2.45) is 5.73 Å². The maximum atomic E-state index is 13.3. The molecule has 33 heavy (non-hydrogen) atoms. The summed E-state index contributed by atoms with van der Waals surface area (Å²) >= 11 is 0.926. The third-order valence-electron chi connectivity index (χ3n) is 4.75. The van der Waals surface area contributed by atoms with Gasteiger partial charge in [-0.25, -0.2) is 4.98 Å². The molecule has 0 atom stereocenters. The van der Waals surface area contributed by atoms with Crippen LogP contribution < -0.4 is 19.9 Å². The predicted octanol–water partition coefficient (Wildman–Crippen LogP) is 4.20. The second kappa shape index (κ2) is 8.62. The fourth-order valence-electron chi connectivity index (χ4n) is 3.21. The van der Waals surface area contributed by atoms with Crippen molar-refractivity contribution in [1.29, 1.82) is 0 Å². The van der Waals surface area contributed by atoms with Gasteiger partial charge in [0.1, 0.15) is 12.9 Å². The Morgan fingerprint density at radius 1 is 1.15 bits per heavy atom. The number of ether oxygens (including phenoxy) is 3. The van der Waals surface area contributed by atoms with Crippen molar-refractivity contribution >= 4 is 28.3 Å². The van der Waals surface area contributed by atoms with Gasteiger partial charge in [-0.1, -0.05) is 29.5 Å². The highest BCUT2D eigenvalue weighted by Crippen LogP contribution is 2.36. The lowest BCUT2D eigenvalue weighted by molar-refractivity contribution is -0.138. The highest BCUT2D eigenvalue weighted by molar-refractivity contribution is 7.16. The van der Waals surface area contributed by atoms with Crippen LogP contribution in [0.3, 0.4) is 0 Å². The fourth-order valence-corrected chi connectivity index (χ4v) is 4.06. The van der Waals surface area contributed by atoms with Crippen LogP contribution in [-0.2, 0) is 12.8 Å². The number of carbonyl (C=O) groups excluding carboxylic acids is 1. The van der Waals surface area contributed by atoms with Crippen LogP contribution in [0.1, 0.15) is 20.8 Å². The first kappa shape index (κ1) is 22.4. The van der Waals surface area contributed by atoms with E-state index in [0.717, 1.165) is 17.4 Å². The second-order valence-corrected chi connectivity index (χ2v) is 7.73. The first-order valence-electron chi connectivity index (χ1n) is 9.41. The number of amides is 1. The predicted molar refractivity (Wildman–Crippen MR) is 114 cm³/mol. The van der Waals surface area contributed by atoms with E-state index in [4.69, 9.17) is 19.9 Å². The summed E-state index contributed by atoms with van der Waals surface area (Å²) in [7, 11) is 2.99. The molecule has 0 aliphatic carbocycles. The van der Waals surface area contributed by atoms with E-state index >= 15 is 0 Å². The third kappa shape index (κ3) is 4.29. The number of hydrogen-bond donors (Lipinski definition) is 1. The average Bonchev–Trinajstić information content (AvgIpc) is 3.39. The molecule has 0 spiro atoms. The van der Waals surface area contributed by atoms with Crippen LogP contribution in [0.5, 0.6) is 17.4 Å². The Balaban J connectivity index is 1.71. The summed E-state index contributed by atoms with van der Waals surface area (Å²) in [6.07, 6.45) is -3.06. The van der Waals surface area contributed by atoms with E-state index in [1.54, 1.807) is 16.7 Å². The van der Waals surface area contributed by atoms with Gasteiger partial charge in [-0.2, -0.15) is 18.2 Å². The first-order chi connectivity index (χ1) is 15.7. The lowest BCUT2D eigenvalue weighted by Gasteiger charge is -2.12. The van der Waals surface area contributed by atoms with Gasteiger partial charge in [0.05, 0.1) is 30.8 Å². The van der Waals surface area contributed by atoms with E-state index in [9.17, 15) is 18.0 Å². The summed E-state index contributed by atoms with van der Waals surface area (Å²) in [4.78, 5) is 20.5. The molecule has 12 heteroatoms. The summed E-state index contributed by atoms with van der Waals surface area (Å²) in [5.74, 6) is -0.0402. The molecular weight excluding hydrogens is 461 g/mol. The van der Waals surface area contributed by atoms with Gasteiger partial charge in [0.25, 0.3) is 5.91 Å². The normalized spacial score (nSPS) is 11.5. The number of rotatable bonds is 7. The fraction of sp³-hybridized carbons (Fsp3) is 0.190. The minimum Gasteiger partial charge on any atom is -0.493 e. The molecule has 172 valence electrons. The van der Waals surface area contributed by atoms with E-state index in [1.165, 1.54) is 38.7 Å². The van der Waals surface area contributed by atoms with Gasteiger partial charge in [0.2, 0.25) is 5.88 Å². The summed E-state index contributed by atoms with van der Waals surface area (Å²) < 4.78 is 57.5. The van der Waals surface area contributed by atoms with Crippen LogP contribution in [0.15, 0.2) is 42.7 Å². The van der Waals surface area contributed by atoms with E-state index < -0.39 is 24.3 Å². The Labute approximate surface area is 189 Å². The number of primary amides is 1. The molecule has 4 aromatic rings. The number of hydrogen-bond acceptors (Lipinski definition) is 7. The molecule has 0 aliphatic rings. The quantitative estimate of drug-likeness (QED) is 0.427. The summed E-state index contributed by atoms with van der Waals surface area (Å²) in [6.45, 7) is -0.450. The molecule has 0 fully saturated rings. The van der Waals surface area contributed by atoms with E-state index in [0.29, 0.717) is 22.5 Å².